The Morgan fingerprint density at radius 1 is 1.33 bits per heavy atom. The second-order valence-electron chi connectivity index (χ2n) is 5.40. The number of carbonyl (C=O) groups is 1. The Morgan fingerprint density at radius 2 is 2.04 bits per heavy atom. The number of amides is 1. The lowest BCUT2D eigenvalue weighted by Gasteiger charge is -2.06. The van der Waals surface area contributed by atoms with Crippen LogP contribution in [0.25, 0.3) is 11.1 Å². The Bertz CT molecular complexity index is 954. The van der Waals surface area contributed by atoms with Gasteiger partial charge in [0.15, 0.2) is 0 Å². The van der Waals surface area contributed by atoms with E-state index in [4.69, 9.17) is 9.15 Å². The molecule has 0 aliphatic carbocycles. The third kappa shape index (κ3) is 2.76. The molecule has 0 bridgehead atoms. The molecule has 1 amide bonds. The van der Waals surface area contributed by atoms with E-state index in [9.17, 15) is 9.59 Å². The van der Waals surface area contributed by atoms with Crippen molar-refractivity contribution >= 4 is 17.0 Å². The number of nitrogens with one attached hydrogen (secondary N) is 1. The van der Waals surface area contributed by atoms with Crippen LogP contribution in [0.1, 0.15) is 21.7 Å². The van der Waals surface area contributed by atoms with Crippen molar-refractivity contribution in [2.24, 2.45) is 7.05 Å². The van der Waals surface area contributed by atoms with Crippen LogP contribution >= 0.6 is 0 Å². The normalized spacial score (nSPS) is 10.8. The summed E-state index contributed by atoms with van der Waals surface area (Å²) >= 11 is 0. The largest absolute Gasteiger partial charge is 0.497 e. The smallest absolute Gasteiger partial charge is 0.265 e. The van der Waals surface area contributed by atoms with Gasteiger partial charge in [-0.05, 0) is 24.6 Å². The highest BCUT2D eigenvalue weighted by molar-refractivity contribution is 6.06. The lowest BCUT2D eigenvalue weighted by Crippen LogP contribution is -2.25. The molecule has 7 heteroatoms. The fourth-order valence-electron chi connectivity index (χ4n) is 2.47. The summed E-state index contributed by atoms with van der Waals surface area (Å²) in [6, 6.07) is 7.36. The van der Waals surface area contributed by atoms with Gasteiger partial charge in [0.25, 0.3) is 11.5 Å². The Kier molecular flexibility index (Phi) is 4.07. The van der Waals surface area contributed by atoms with Gasteiger partial charge in [0.1, 0.15) is 23.2 Å². The summed E-state index contributed by atoms with van der Waals surface area (Å²) < 4.78 is 11.9. The maximum atomic E-state index is 12.5. The molecule has 1 aromatic carbocycles. The van der Waals surface area contributed by atoms with E-state index in [2.05, 4.69) is 10.3 Å². The highest BCUT2D eigenvalue weighted by Gasteiger charge is 2.22. The maximum absolute atomic E-state index is 12.5. The fourth-order valence-corrected chi connectivity index (χ4v) is 2.47. The predicted molar refractivity (Wildman–Crippen MR) is 88.2 cm³/mol. The first-order valence-corrected chi connectivity index (χ1v) is 7.37. The minimum absolute atomic E-state index is 0.171. The molecule has 0 radical (unpaired) electrons. The number of aryl methyl sites for hydroxylation is 2. The molecule has 2 aromatic heterocycles. The number of furan rings is 1. The topological polar surface area (TPSA) is 86.4 Å². The molecule has 1 N–H and O–H groups in total. The SMILES string of the molecule is COc1ccc(CNC(=O)c2c(C)oc3ncn(C)c(=O)c23)cc1. The lowest BCUT2D eigenvalue weighted by molar-refractivity contribution is 0.0950. The van der Waals surface area contributed by atoms with Crippen LogP contribution in [0.2, 0.25) is 0 Å². The number of aromatic nitrogens is 2. The molecular weight excluding hydrogens is 310 g/mol. The van der Waals surface area contributed by atoms with Gasteiger partial charge in [0.05, 0.1) is 12.7 Å². The monoisotopic (exact) mass is 327 g/mol. The second kappa shape index (κ2) is 6.19. The molecule has 0 spiro atoms. The molecule has 0 aliphatic heterocycles. The molecule has 0 fully saturated rings. The molecule has 0 atom stereocenters. The number of carbonyl (C=O) groups excluding carboxylic acids is 1. The summed E-state index contributed by atoms with van der Waals surface area (Å²) in [5, 5.41) is 3.00. The van der Waals surface area contributed by atoms with E-state index >= 15 is 0 Å². The van der Waals surface area contributed by atoms with Crippen molar-refractivity contribution in [3.63, 3.8) is 0 Å². The van der Waals surface area contributed by atoms with Crippen molar-refractivity contribution in [1.82, 2.24) is 14.9 Å². The Hall–Kier alpha value is -3.09. The fraction of sp³-hybridized carbons (Fsp3) is 0.235. The van der Waals surface area contributed by atoms with Crippen molar-refractivity contribution in [1.29, 1.82) is 0 Å². The first-order chi connectivity index (χ1) is 11.5. The van der Waals surface area contributed by atoms with Gasteiger partial charge in [-0.25, -0.2) is 4.98 Å². The summed E-state index contributed by atoms with van der Waals surface area (Å²) in [4.78, 5) is 28.9. The number of hydrogen-bond donors (Lipinski definition) is 1. The standard InChI is InChI=1S/C17H17N3O4/c1-10-13(14-16(24-10)19-9-20(2)17(14)22)15(21)18-8-11-4-6-12(23-3)7-5-11/h4-7,9H,8H2,1-3H3,(H,18,21). The van der Waals surface area contributed by atoms with E-state index in [1.165, 1.54) is 10.9 Å². The van der Waals surface area contributed by atoms with Crippen molar-refractivity contribution in [3.05, 3.63) is 57.8 Å². The second-order valence-corrected chi connectivity index (χ2v) is 5.40. The Morgan fingerprint density at radius 3 is 2.71 bits per heavy atom. The van der Waals surface area contributed by atoms with E-state index in [-0.39, 0.29) is 28.1 Å². The molecule has 7 nitrogen and oxygen atoms in total. The van der Waals surface area contributed by atoms with Crippen LogP contribution in [0.5, 0.6) is 5.75 Å². The van der Waals surface area contributed by atoms with E-state index < -0.39 is 0 Å². The maximum Gasteiger partial charge on any atom is 0.265 e. The van der Waals surface area contributed by atoms with Gasteiger partial charge >= 0.3 is 0 Å². The summed E-state index contributed by atoms with van der Waals surface area (Å²) in [5.41, 5.74) is 1.00. The van der Waals surface area contributed by atoms with Crippen molar-refractivity contribution < 1.29 is 13.9 Å². The van der Waals surface area contributed by atoms with Crippen LogP contribution < -0.4 is 15.6 Å². The zero-order valence-electron chi connectivity index (χ0n) is 13.6. The summed E-state index contributed by atoms with van der Waals surface area (Å²) in [7, 11) is 3.17. The van der Waals surface area contributed by atoms with Crippen LogP contribution in [0.3, 0.4) is 0 Å². The minimum Gasteiger partial charge on any atom is -0.497 e. The third-order valence-electron chi connectivity index (χ3n) is 3.79. The van der Waals surface area contributed by atoms with Gasteiger partial charge in [-0.2, -0.15) is 0 Å². The highest BCUT2D eigenvalue weighted by atomic mass is 16.5. The van der Waals surface area contributed by atoms with Gasteiger partial charge in [-0.15, -0.1) is 0 Å². The minimum atomic E-state index is -0.368. The molecule has 3 rings (SSSR count). The number of fused-ring (bicyclic) bond motifs is 1. The van der Waals surface area contributed by atoms with Crippen molar-refractivity contribution in [2.75, 3.05) is 7.11 Å². The molecule has 124 valence electrons. The van der Waals surface area contributed by atoms with E-state index in [0.717, 1.165) is 11.3 Å². The van der Waals surface area contributed by atoms with Crippen LogP contribution in [-0.2, 0) is 13.6 Å². The number of rotatable bonds is 4. The van der Waals surface area contributed by atoms with Crippen molar-refractivity contribution in [2.45, 2.75) is 13.5 Å². The Balaban J connectivity index is 1.87. The van der Waals surface area contributed by atoms with E-state index in [1.807, 2.05) is 24.3 Å². The van der Waals surface area contributed by atoms with Gasteiger partial charge in [0, 0.05) is 13.6 Å². The first-order valence-electron chi connectivity index (χ1n) is 7.37. The predicted octanol–water partition coefficient (Wildman–Crippen LogP) is 1.77. The van der Waals surface area contributed by atoms with Crippen LogP contribution in [0.15, 0.2) is 39.8 Å². The number of nitrogens with zero attached hydrogens (tertiary/aromatic N) is 2. The molecule has 0 unspecified atom stereocenters. The quantitative estimate of drug-likeness (QED) is 0.789. The zero-order valence-corrected chi connectivity index (χ0v) is 13.6. The van der Waals surface area contributed by atoms with Gasteiger partial charge in [-0.3, -0.25) is 9.59 Å². The third-order valence-corrected chi connectivity index (χ3v) is 3.79. The Labute approximate surface area is 137 Å². The van der Waals surface area contributed by atoms with Gasteiger partial charge in [-0.1, -0.05) is 12.1 Å². The summed E-state index contributed by atoms with van der Waals surface area (Å²) in [6.45, 7) is 1.97. The molecule has 3 aromatic rings. The summed E-state index contributed by atoms with van der Waals surface area (Å²) in [5.74, 6) is 0.747. The number of benzene rings is 1. The number of hydrogen-bond acceptors (Lipinski definition) is 5. The average molecular weight is 327 g/mol. The van der Waals surface area contributed by atoms with E-state index in [1.54, 1.807) is 21.1 Å². The van der Waals surface area contributed by atoms with Gasteiger partial charge < -0.3 is 19.0 Å². The van der Waals surface area contributed by atoms with Crippen LogP contribution in [0, 0.1) is 6.92 Å². The van der Waals surface area contributed by atoms with Crippen LogP contribution in [0.4, 0.5) is 0 Å². The molecule has 0 saturated heterocycles. The average Bonchev–Trinajstić information content (AvgIpc) is 2.93. The highest BCUT2D eigenvalue weighted by Crippen LogP contribution is 2.20. The zero-order chi connectivity index (χ0) is 17.3. The molecule has 0 aliphatic rings. The number of ether oxygens (including phenoxy) is 1. The first kappa shape index (κ1) is 15.8. The molecule has 0 saturated carbocycles. The van der Waals surface area contributed by atoms with Gasteiger partial charge in [0.2, 0.25) is 5.71 Å². The molecular formula is C17H17N3O4. The lowest BCUT2D eigenvalue weighted by atomic mass is 10.1. The summed E-state index contributed by atoms with van der Waals surface area (Å²) in [6.07, 6.45) is 1.37. The molecule has 2 heterocycles. The van der Waals surface area contributed by atoms with Crippen molar-refractivity contribution in [3.8, 4) is 5.75 Å². The number of methoxy groups -OCH3 is 1. The van der Waals surface area contributed by atoms with Crippen LogP contribution in [-0.4, -0.2) is 22.6 Å². The van der Waals surface area contributed by atoms with E-state index in [0.29, 0.717) is 12.3 Å². The molecule has 24 heavy (non-hydrogen) atoms.